The summed E-state index contributed by atoms with van der Waals surface area (Å²) in [6, 6.07) is 5.12. The van der Waals surface area contributed by atoms with Crippen molar-refractivity contribution in [3.63, 3.8) is 0 Å². The monoisotopic (exact) mass is 435 g/mol. The van der Waals surface area contributed by atoms with Crippen molar-refractivity contribution >= 4 is 63.3 Å². The third kappa shape index (κ3) is 2.63. The van der Waals surface area contributed by atoms with Gasteiger partial charge in [-0.25, -0.2) is 8.42 Å². The molecule has 5 nitrogen and oxygen atoms in total. The lowest BCUT2D eigenvalue weighted by atomic mass is 10.3. The number of hydrogen-bond acceptors (Lipinski definition) is 4. The minimum atomic E-state index is -3.94. The maximum atomic E-state index is 11.9. The Bertz CT molecular complexity index is 523. The third-order valence-electron chi connectivity index (χ3n) is 1.66. The van der Waals surface area contributed by atoms with Crippen LogP contribution < -0.4 is 0 Å². The van der Waals surface area contributed by atoms with E-state index >= 15 is 0 Å². The molecule has 0 N–H and O–H groups in total. The van der Waals surface area contributed by atoms with E-state index in [4.69, 9.17) is 0 Å². The second-order valence-corrected chi connectivity index (χ2v) is 13.1. The molecule has 0 aliphatic rings. The lowest BCUT2D eigenvalue weighted by Crippen LogP contribution is -2.19. The quantitative estimate of drug-likeness (QED) is 0.404. The van der Waals surface area contributed by atoms with Crippen LogP contribution in [0.3, 0.4) is 0 Å². The first-order chi connectivity index (χ1) is 7.18. The molecule has 0 saturated heterocycles. The molecule has 1 aromatic rings. The predicted molar refractivity (Wildman–Crippen MR) is 69.8 cm³/mol. The highest BCUT2D eigenvalue weighted by Gasteiger charge is 2.41. The standard InChI is InChI=1S/C7H4Br3NO4S/c8-7(9,10)16(14,15)6-4-2-1-3-5(6)11(12)13/h1-4H. The fourth-order valence-corrected chi connectivity index (χ4v) is 3.45. The highest BCUT2D eigenvalue weighted by Crippen LogP contribution is 2.45. The molecule has 0 aliphatic carbocycles. The number of rotatable bonds is 2. The summed E-state index contributed by atoms with van der Waals surface area (Å²) >= 11 is 8.53. The average Bonchev–Trinajstić information content (AvgIpc) is 2.16. The van der Waals surface area contributed by atoms with Gasteiger partial charge in [0.15, 0.2) is 0 Å². The fourth-order valence-electron chi connectivity index (χ4n) is 0.960. The molecule has 0 aromatic heterocycles. The molecule has 9 heteroatoms. The Morgan fingerprint density at radius 2 is 1.69 bits per heavy atom. The van der Waals surface area contributed by atoms with Crippen LogP contribution in [0.5, 0.6) is 0 Å². The summed E-state index contributed by atoms with van der Waals surface area (Å²) in [5.74, 6) is 0. The van der Waals surface area contributed by atoms with E-state index in [1.54, 1.807) is 0 Å². The van der Waals surface area contributed by atoms with Gasteiger partial charge >= 0.3 is 0 Å². The second-order valence-electron chi connectivity index (χ2n) is 2.67. The number of para-hydroxylation sites is 1. The summed E-state index contributed by atoms with van der Waals surface area (Å²) < 4.78 is 22.2. The van der Waals surface area contributed by atoms with Crippen LogP contribution in [0.15, 0.2) is 29.2 Å². The number of nitro groups is 1. The van der Waals surface area contributed by atoms with Gasteiger partial charge in [0.2, 0.25) is 11.3 Å². The minimum Gasteiger partial charge on any atom is -0.258 e. The van der Waals surface area contributed by atoms with Crippen LogP contribution >= 0.6 is 47.8 Å². The summed E-state index contributed by atoms with van der Waals surface area (Å²) in [4.78, 5) is 9.58. The van der Waals surface area contributed by atoms with Gasteiger partial charge in [-0.3, -0.25) is 10.1 Å². The molecule has 0 bridgehead atoms. The van der Waals surface area contributed by atoms with Crippen molar-refractivity contribution in [2.45, 2.75) is 6.37 Å². The lowest BCUT2D eigenvalue weighted by Gasteiger charge is -2.13. The van der Waals surface area contributed by atoms with Crippen LogP contribution in [0.4, 0.5) is 5.69 Å². The molecule has 0 heterocycles. The Balaban J connectivity index is 3.52. The molecule has 0 atom stereocenters. The lowest BCUT2D eigenvalue weighted by molar-refractivity contribution is -0.387. The number of nitro benzene ring substituents is 1. The Labute approximate surface area is 117 Å². The first-order valence-electron chi connectivity index (χ1n) is 3.72. The van der Waals surface area contributed by atoms with Gasteiger partial charge in [0, 0.05) is 6.07 Å². The molecule has 0 fully saturated rings. The molecule has 16 heavy (non-hydrogen) atoms. The van der Waals surface area contributed by atoms with Gasteiger partial charge in [0.05, 0.1) is 4.92 Å². The SMILES string of the molecule is O=[N+]([O-])c1ccccc1S(=O)(=O)C(Br)(Br)Br. The van der Waals surface area contributed by atoms with Crippen LogP contribution in [-0.4, -0.2) is 14.8 Å². The summed E-state index contributed by atoms with van der Waals surface area (Å²) in [5, 5.41) is 10.7. The van der Waals surface area contributed by atoms with Gasteiger partial charge < -0.3 is 0 Å². The summed E-state index contributed by atoms with van der Waals surface area (Å²) in [7, 11) is -3.94. The topological polar surface area (TPSA) is 77.3 Å². The largest absolute Gasteiger partial charge is 0.288 e. The van der Waals surface area contributed by atoms with E-state index in [2.05, 4.69) is 47.8 Å². The van der Waals surface area contributed by atoms with Crippen molar-refractivity contribution in [3.05, 3.63) is 34.4 Å². The normalized spacial score (nSPS) is 12.4. The summed E-state index contributed by atoms with van der Waals surface area (Å²) in [6.45, 7) is 0. The van der Waals surface area contributed by atoms with Crippen LogP contribution in [0.2, 0.25) is 0 Å². The van der Waals surface area contributed by atoms with Gasteiger partial charge in [-0.2, -0.15) is 0 Å². The smallest absolute Gasteiger partial charge is 0.258 e. The van der Waals surface area contributed by atoms with Crippen molar-refractivity contribution in [2.75, 3.05) is 0 Å². The van der Waals surface area contributed by atoms with Crippen LogP contribution in [0.25, 0.3) is 0 Å². The maximum absolute atomic E-state index is 11.9. The molecular weight excluding hydrogens is 434 g/mol. The van der Waals surface area contributed by atoms with Crippen molar-refractivity contribution < 1.29 is 13.3 Å². The van der Waals surface area contributed by atoms with Crippen molar-refractivity contribution in [2.24, 2.45) is 0 Å². The average molecular weight is 438 g/mol. The molecule has 0 aliphatic heterocycles. The van der Waals surface area contributed by atoms with Gasteiger partial charge in [0.1, 0.15) is 4.90 Å². The number of benzene rings is 1. The fraction of sp³-hybridized carbons (Fsp3) is 0.143. The molecule has 0 saturated carbocycles. The zero-order valence-electron chi connectivity index (χ0n) is 7.43. The number of sulfone groups is 1. The Morgan fingerprint density at radius 1 is 1.19 bits per heavy atom. The van der Waals surface area contributed by atoms with Gasteiger partial charge in [-0.15, -0.1) is 0 Å². The molecule has 1 rings (SSSR count). The number of hydrogen-bond donors (Lipinski definition) is 0. The van der Waals surface area contributed by atoms with Crippen molar-refractivity contribution in [1.29, 1.82) is 0 Å². The van der Waals surface area contributed by atoms with Gasteiger partial charge in [-0.1, -0.05) is 12.1 Å². The highest BCUT2D eigenvalue weighted by atomic mass is 80.0. The third-order valence-corrected chi connectivity index (χ3v) is 7.03. The molecule has 0 radical (unpaired) electrons. The van der Waals surface area contributed by atoms with E-state index in [0.717, 1.165) is 6.07 Å². The van der Waals surface area contributed by atoms with Crippen LogP contribution in [-0.2, 0) is 9.84 Å². The molecule has 1 aromatic carbocycles. The first-order valence-corrected chi connectivity index (χ1v) is 7.59. The summed E-state index contributed by atoms with van der Waals surface area (Å²) in [6.07, 6.45) is 0. The Morgan fingerprint density at radius 3 is 2.12 bits per heavy atom. The summed E-state index contributed by atoms with van der Waals surface area (Å²) in [5.41, 5.74) is -0.467. The molecule has 0 unspecified atom stereocenters. The van der Waals surface area contributed by atoms with Crippen LogP contribution in [0, 0.1) is 10.1 Å². The molecule has 88 valence electrons. The van der Waals surface area contributed by atoms with Crippen molar-refractivity contribution in [1.82, 2.24) is 0 Å². The van der Waals surface area contributed by atoms with Gasteiger partial charge in [0.25, 0.3) is 5.69 Å². The van der Waals surface area contributed by atoms with Crippen LogP contribution in [0.1, 0.15) is 0 Å². The van der Waals surface area contributed by atoms with Gasteiger partial charge in [-0.05, 0) is 53.9 Å². The van der Waals surface area contributed by atoms with E-state index < -0.39 is 21.9 Å². The molecule has 0 spiro atoms. The zero-order chi connectivity index (χ0) is 12.6. The Hall–Kier alpha value is 0.0100. The van der Waals surface area contributed by atoms with E-state index in [9.17, 15) is 18.5 Å². The zero-order valence-corrected chi connectivity index (χ0v) is 13.0. The highest BCUT2D eigenvalue weighted by molar-refractivity contribution is 9.42. The predicted octanol–water partition coefficient (Wildman–Crippen LogP) is 3.16. The molecular formula is C7H4Br3NO4S. The molecule has 0 amide bonds. The Kier molecular flexibility index (Phi) is 4.14. The van der Waals surface area contributed by atoms with E-state index in [1.165, 1.54) is 18.2 Å². The number of nitrogens with zero attached hydrogens (tertiary/aromatic N) is 1. The van der Waals surface area contributed by atoms with E-state index in [1.807, 2.05) is 0 Å². The van der Waals surface area contributed by atoms with E-state index in [0.29, 0.717) is 0 Å². The first kappa shape index (κ1) is 14.1. The second kappa shape index (κ2) is 4.71. The minimum absolute atomic E-state index is 0.370. The van der Waals surface area contributed by atoms with Crippen molar-refractivity contribution in [3.8, 4) is 0 Å². The maximum Gasteiger partial charge on any atom is 0.288 e. The van der Waals surface area contributed by atoms with E-state index in [-0.39, 0.29) is 4.90 Å². The number of halogens is 3. The number of alkyl halides is 3.